The summed E-state index contributed by atoms with van der Waals surface area (Å²) in [4.78, 5) is 67.0. The lowest BCUT2D eigenvalue weighted by Gasteiger charge is -2.36. The molecule has 11 heteroatoms. The van der Waals surface area contributed by atoms with Crippen molar-refractivity contribution in [2.24, 2.45) is 0 Å². The molecule has 1 atom stereocenters. The number of hydrogen-bond acceptors (Lipinski definition) is 8. The van der Waals surface area contributed by atoms with Crippen LogP contribution in [0.3, 0.4) is 0 Å². The summed E-state index contributed by atoms with van der Waals surface area (Å²) in [6, 6.07) is 4.30. The van der Waals surface area contributed by atoms with Crippen LogP contribution in [0.5, 0.6) is 0 Å². The van der Waals surface area contributed by atoms with Gasteiger partial charge in [0.25, 0.3) is 11.8 Å². The van der Waals surface area contributed by atoms with Gasteiger partial charge in [0, 0.05) is 44.8 Å². The summed E-state index contributed by atoms with van der Waals surface area (Å²) in [6.45, 7) is 10.5. The number of piperazine rings is 1. The van der Waals surface area contributed by atoms with Crippen LogP contribution in [0.2, 0.25) is 0 Å². The number of piperidine rings is 1. The average molecular weight is 528 g/mol. The zero-order valence-corrected chi connectivity index (χ0v) is 22.4. The van der Waals surface area contributed by atoms with Gasteiger partial charge in [0.1, 0.15) is 11.6 Å². The van der Waals surface area contributed by atoms with Gasteiger partial charge >= 0.3 is 6.09 Å². The van der Waals surface area contributed by atoms with Crippen molar-refractivity contribution in [3.8, 4) is 0 Å². The fourth-order valence-corrected chi connectivity index (χ4v) is 5.03. The van der Waals surface area contributed by atoms with E-state index in [1.165, 1.54) is 0 Å². The molecule has 1 unspecified atom stereocenters. The van der Waals surface area contributed by atoms with Crippen molar-refractivity contribution in [1.82, 2.24) is 20.4 Å². The summed E-state index contributed by atoms with van der Waals surface area (Å²) < 4.78 is 5.23. The maximum absolute atomic E-state index is 13.1. The van der Waals surface area contributed by atoms with Gasteiger partial charge in [-0.15, -0.1) is 0 Å². The number of imide groups is 2. The number of benzene rings is 1. The number of amides is 5. The standard InChI is InChI=1S/C27H37N5O6/c1-27(2,3)38-26(37)28-11-5-4-6-12-30-13-15-31(16-14-30)18-7-8-19-20(17-18)25(36)32(24(19)35)21-9-10-22(33)29-23(21)34/h7-8,17,21H,4-6,9-16H2,1-3H3,(H,28,37)(H,29,33,34). The number of hydrogen-bond donors (Lipinski definition) is 2. The largest absolute Gasteiger partial charge is 0.444 e. The Balaban J connectivity index is 1.22. The van der Waals surface area contributed by atoms with Crippen molar-refractivity contribution >= 4 is 35.4 Å². The number of alkyl carbamates (subject to hydrolysis) is 1. The van der Waals surface area contributed by atoms with Crippen molar-refractivity contribution in [3.63, 3.8) is 0 Å². The van der Waals surface area contributed by atoms with Gasteiger partial charge in [-0.1, -0.05) is 6.42 Å². The van der Waals surface area contributed by atoms with Gasteiger partial charge in [-0.3, -0.25) is 34.3 Å². The normalized spacial score (nSPS) is 20.4. The highest BCUT2D eigenvalue weighted by Crippen LogP contribution is 2.31. The molecule has 2 fully saturated rings. The maximum atomic E-state index is 13.1. The van der Waals surface area contributed by atoms with Gasteiger partial charge < -0.3 is 15.0 Å². The van der Waals surface area contributed by atoms with E-state index in [1.807, 2.05) is 26.8 Å². The van der Waals surface area contributed by atoms with E-state index in [0.717, 1.165) is 62.6 Å². The predicted octanol–water partition coefficient (Wildman–Crippen LogP) is 1.90. The lowest BCUT2D eigenvalue weighted by atomic mass is 10.0. The molecule has 206 valence electrons. The first-order chi connectivity index (χ1) is 18.0. The lowest BCUT2D eigenvalue weighted by molar-refractivity contribution is -0.136. The molecule has 2 saturated heterocycles. The first kappa shape index (κ1) is 27.6. The van der Waals surface area contributed by atoms with E-state index in [1.54, 1.807) is 12.1 Å². The second-order valence-corrected chi connectivity index (χ2v) is 11.0. The van der Waals surface area contributed by atoms with Crippen LogP contribution in [-0.4, -0.2) is 90.4 Å². The number of nitrogens with zero attached hydrogens (tertiary/aromatic N) is 3. The smallest absolute Gasteiger partial charge is 0.407 e. The first-order valence-electron chi connectivity index (χ1n) is 13.3. The molecule has 0 spiro atoms. The molecule has 3 heterocycles. The van der Waals surface area contributed by atoms with Gasteiger partial charge in [0.2, 0.25) is 11.8 Å². The SMILES string of the molecule is CC(C)(C)OC(=O)NCCCCCN1CCN(c2ccc3c(c2)C(=O)N(C2CCC(=O)NC2=O)C3=O)CC1. The van der Waals surface area contributed by atoms with Crippen molar-refractivity contribution in [1.29, 1.82) is 0 Å². The Bertz CT molecular complexity index is 1110. The molecular weight excluding hydrogens is 490 g/mol. The Labute approximate surface area is 222 Å². The molecule has 1 aromatic rings. The molecule has 3 aliphatic heterocycles. The third-order valence-corrected chi connectivity index (χ3v) is 6.98. The number of rotatable bonds is 8. The van der Waals surface area contributed by atoms with E-state index in [2.05, 4.69) is 20.4 Å². The van der Waals surface area contributed by atoms with Crippen LogP contribution in [0, 0.1) is 0 Å². The van der Waals surface area contributed by atoms with E-state index in [4.69, 9.17) is 4.74 Å². The highest BCUT2D eigenvalue weighted by molar-refractivity contribution is 6.23. The van der Waals surface area contributed by atoms with Crippen LogP contribution in [0.25, 0.3) is 0 Å². The molecule has 0 bridgehead atoms. The van der Waals surface area contributed by atoms with Crippen molar-refractivity contribution < 1.29 is 28.7 Å². The molecule has 5 amide bonds. The molecule has 38 heavy (non-hydrogen) atoms. The van der Waals surface area contributed by atoms with E-state index in [-0.39, 0.29) is 24.8 Å². The van der Waals surface area contributed by atoms with Crippen molar-refractivity contribution in [2.45, 2.75) is 64.5 Å². The summed E-state index contributed by atoms with van der Waals surface area (Å²) in [6.07, 6.45) is 2.82. The molecule has 0 aliphatic carbocycles. The van der Waals surface area contributed by atoms with Crippen LogP contribution in [-0.2, 0) is 14.3 Å². The minimum Gasteiger partial charge on any atom is -0.444 e. The number of carbonyl (C=O) groups excluding carboxylic acids is 5. The molecule has 1 aromatic carbocycles. The Morgan fingerprint density at radius 2 is 1.71 bits per heavy atom. The van der Waals surface area contributed by atoms with Gasteiger partial charge in [0.05, 0.1) is 11.1 Å². The second kappa shape index (κ2) is 11.5. The number of ether oxygens (including phenoxy) is 1. The maximum Gasteiger partial charge on any atom is 0.407 e. The van der Waals surface area contributed by atoms with Gasteiger partial charge in [0.15, 0.2) is 0 Å². The number of fused-ring (bicyclic) bond motifs is 1. The van der Waals surface area contributed by atoms with Crippen molar-refractivity contribution in [2.75, 3.05) is 44.2 Å². The number of unbranched alkanes of at least 4 members (excludes halogenated alkanes) is 2. The quantitative estimate of drug-likeness (QED) is 0.388. The highest BCUT2D eigenvalue weighted by Gasteiger charge is 2.44. The average Bonchev–Trinajstić information content (AvgIpc) is 3.10. The molecule has 2 N–H and O–H groups in total. The fraction of sp³-hybridized carbons (Fsp3) is 0.593. The van der Waals surface area contributed by atoms with Crippen LogP contribution >= 0.6 is 0 Å². The van der Waals surface area contributed by atoms with E-state index in [0.29, 0.717) is 17.7 Å². The highest BCUT2D eigenvalue weighted by atomic mass is 16.6. The summed E-state index contributed by atoms with van der Waals surface area (Å²) in [7, 11) is 0. The Morgan fingerprint density at radius 3 is 2.39 bits per heavy atom. The zero-order valence-electron chi connectivity index (χ0n) is 22.4. The summed E-state index contributed by atoms with van der Waals surface area (Å²) in [5, 5.41) is 5.01. The number of carbonyl (C=O) groups is 5. The van der Waals surface area contributed by atoms with Crippen molar-refractivity contribution in [3.05, 3.63) is 29.3 Å². The van der Waals surface area contributed by atoms with Crippen LogP contribution in [0.15, 0.2) is 18.2 Å². The Kier molecular flexibility index (Phi) is 8.35. The van der Waals surface area contributed by atoms with Crippen LogP contribution in [0.1, 0.15) is 73.6 Å². The summed E-state index contributed by atoms with van der Waals surface area (Å²) >= 11 is 0. The summed E-state index contributed by atoms with van der Waals surface area (Å²) in [5.41, 5.74) is 0.987. The van der Waals surface area contributed by atoms with E-state index < -0.39 is 29.4 Å². The Hall–Kier alpha value is -3.47. The molecular formula is C27H37N5O6. The van der Waals surface area contributed by atoms with E-state index in [9.17, 15) is 24.0 Å². The predicted molar refractivity (Wildman–Crippen MR) is 140 cm³/mol. The minimum absolute atomic E-state index is 0.0995. The van der Waals surface area contributed by atoms with Gasteiger partial charge in [-0.2, -0.15) is 0 Å². The molecule has 4 rings (SSSR count). The second-order valence-electron chi connectivity index (χ2n) is 11.0. The number of anilines is 1. The monoisotopic (exact) mass is 527 g/mol. The zero-order chi connectivity index (χ0) is 27.4. The third kappa shape index (κ3) is 6.50. The van der Waals surface area contributed by atoms with Gasteiger partial charge in [-0.25, -0.2) is 4.79 Å². The fourth-order valence-electron chi connectivity index (χ4n) is 5.03. The molecule has 0 aromatic heterocycles. The molecule has 11 nitrogen and oxygen atoms in total. The first-order valence-corrected chi connectivity index (χ1v) is 13.3. The van der Waals surface area contributed by atoms with Gasteiger partial charge in [-0.05, 0) is 64.8 Å². The summed E-state index contributed by atoms with van der Waals surface area (Å²) in [5.74, 6) is -1.97. The number of nitrogens with one attached hydrogen (secondary N) is 2. The minimum atomic E-state index is -0.958. The molecule has 3 aliphatic rings. The van der Waals surface area contributed by atoms with Crippen LogP contribution in [0.4, 0.5) is 10.5 Å². The lowest BCUT2D eigenvalue weighted by Crippen LogP contribution is -2.54. The molecule has 0 radical (unpaired) electrons. The van der Waals surface area contributed by atoms with E-state index >= 15 is 0 Å². The third-order valence-electron chi connectivity index (χ3n) is 6.98. The topological polar surface area (TPSA) is 128 Å². The van der Waals surface area contributed by atoms with Crippen LogP contribution < -0.4 is 15.5 Å². The molecule has 0 saturated carbocycles. The Morgan fingerprint density at radius 1 is 1.00 bits per heavy atom.